The average Bonchev–Trinajstić information content (AvgIpc) is 2.60. The van der Waals surface area contributed by atoms with Gasteiger partial charge in [-0.2, -0.15) is 12.6 Å². The van der Waals surface area contributed by atoms with E-state index in [1.807, 2.05) is 0 Å². The molecule has 1 aliphatic heterocycles. The fourth-order valence-corrected chi connectivity index (χ4v) is 3.10. The average molecular weight is 211 g/mol. The molecule has 2 rings (SSSR count). The van der Waals surface area contributed by atoms with Gasteiger partial charge in [0, 0.05) is 25.4 Å². The molecule has 14 heavy (non-hydrogen) atoms. The van der Waals surface area contributed by atoms with Crippen LogP contribution in [0.5, 0.6) is 0 Å². The first kappa shape index (κ1) is 10.6. The Morgan fingerprint density at radius 3 is 2.29 bits per heavy atom. The summed E-state index contributed by atoms with van der Waals surface area (Å²) in [5, 5.41) is 0. The van der Waals surface area contributed by atoms with Gasteiger partial charge in [-0.05, 0) is 24.7 Å². The summed E-state index contributed by atoms with van der Waals surface area (Å²) in [7, 11) is 0. The van der Waals surface area contributed by atoms with E-state index in [1.54, 1.807) is 0 Å². The fourth-order valence-electron chi connectivity index (χ4n) is 2.95. The van der Waals surface area contributed by atoms with Crippen molar-refractivity contribution < 1.29 is 0 Å². The Balaban J connectivity index is 1.78. The maximum Gasteiger partial charge on any atom is 0.0163 e. The predicted octanol–water partition coefficient (Wildman–Crippen LogP) is 2.59. The van der Waals surface area contributed by atoms with Crippen LogP contribution >= 0.6 is 12.6 Å². The first-order valence-electron chi connectivity index (χ1n) is 5.88. The zero-order chi connectivity index (χ0) is 9.80. The van der Waals surface area contributed by atoms with Crippen molar-refractivity contribution in [3.8, 4) is 0 Å². The van der Waals surface area contributed by atoms with E-state index in [1.165, 1.54) is 38.8 Å². The minimum atomic E-state index is 0.876. The van der Waals surface area contributed by atoms with Gasteiger partial charge in [0.05, 0.1) is 0 Å². The zero-order valence-electron chi connectivity index (χ0n) is 8.86. The summed E-state index contributed by atoms with van der Waals surface area (Å²) in [5.41, 5.74) is 0. The summed E-state index contributed by atoms with van der Waals surface area (Å²) in [6.45, 7) is 3.84. The molecule has 1 saturated heterocycles. The molecular formula is C12H21NS. The lowest BCUT2D eigenvalue weighted by molar-refractivity contribution is 0.299. The lowest BCUT2D eigenvalue weighted by Gasteiger charge is -2.23. The second kappa shape index (κ2) is 5.22. The molecule has 2 atom stereocenters. The van der Waals surface area contributed by atoms with Crippen molar-refractivity contribution in [2.75, 3.05) is 25.4 Å². The van der Waals surface area contributed by atoms with Gasteiger partial charge >= 0.3 is 0 Å². The summed E-state index contributed by atoms with van der Waals surface area (Å²) < 4.78 is 0. The highest BCUT2D eigenvalue weighted by Gasteiger charge is 2.33. The number of likely N-dealkylation sites (tertiary alicyclic amines) is 1. The van der Waals surface area contributed by atoms with Crippen LogP contribution in [-0.4, -0.2) is 30.3 Å². The molecule has 1 heterocycles. The first-order valence-corrected chi connectivity index (χ1v) is 6.51. The summed E-state index contributed by atoms with van der Waals surface area (Å²) in [5.74, 6) is 2.92. The Hall–Kier alpha value is 0.0500. The van der Waals surface area contributed by atoms with Crippen molar-refractivity contribution in [2.24, 2.45) is 11.8 Å². The Morgan fingerprint density at radius 2 is 1.71 bits per heavy atom. The molecule has 1 aliphatic carbocycles. The highest BCUT2D eigenvalue weighted by atomic mass is 32.1. The van der Waals surface area contributed by atoms with E-state index in [0.29, 0.717) is 0 Å². The van der Waals surface area contributed by atoms with Gasteiger partial charge in [-0.1, -0.05) is 25.0 Å². The van der Waals surface area contributed by atoms with Gasteiger partial charge < -0.3 is 0 Å². The maximum atomic E-state index is 4.17. The van der Waals surface area contributed by atoms with Crippen LogP contribution in [0.15, 0.2) is 12.2 Å². The van der Waals surface area contributed by atoms with E-state index < -0.39 is 0 Å². The van der Waals surface area contributed by atoms with Crippen LogP contribution in [0.2, 0.25) is 0 Å². The van der Waals surface area contributed by atoms with Crippen LogP contribution in [0.25, 0.3) is 0 Å². The Labute approximate surface area is 93.0 Å². The predicted molar refractivity (Wildman–Crippen MR) is 64.9 cm³/mol. The van der Waals surface area contributed by atoms with Gasteiger partial charge in [0.15, 0.2) is 0 Å². The van der Waals surface area contributed by atoms with Gasteiger partial charge in [-0.15, -0.1) is 0 Å². The van der Waals surface area contributed by atoms with E-state index >= 15 is 0 Å². The van der Waals surface area contributed by atoms with E-state index in [0.717, 1.165) is 24.1 Å². The smallest absolute Gasteiger partial charge is 0.0163 e. The molecule has 0 spiro atoms. The van der Waals surface area contributed by atoms with Crippen LogP contribution in [0.1, 0.15) is 25.7 Å². The minimum absolute atomic E-state index is 0.876. The summed E-state index contributed by atoms with van der Waals surface area (Å²) >= 11 is 4.17. The molecule has 0 aromatic rings. The number of nitrogens with zero attached hydrogens (tertiary/aromatic N) is 1. The molecule has 0 aromatic carbocycles. The highest BCUT2D eigenvalue weighted by Crippen LogP contribution is 2.35. The third-order valence-electron chi connectivity index (χ3n) is 3.69. The molecular weight excluding hydrogens is 190 g/mol. The summed E-state index contributed by atoms with van der Waals surface area (Å²) in [4.78, 5) is 2.61. The van der Waals surface area contributed by atoms with Crippen molar-refractivity contribution >= 4 is 12.6 Å². The topological polar surface area (TPSA) is 3.24 Å². The molecule has 0 aromatic heterocycles. The SMILES string of the molecule is SC/C=C/CN1C[C@H]2CCCC[C@H]2C1. The lowest BCUT2D eigenvalue weighted by Crippen LogP contribution is -2.20. The molecule has 0 unspecified atom stereocenters. The first-order chi connectivity index (χ1) is 6.90. The summed E-state index contributed by atoms with van der Waals surface area (Å²) in [6, 6.07) is 0. The fraction of sp³-hybridized carbons (Fsp3) is 0.833. The minimum Gasteiger partial charge on any atom is -0.299 e. The van der Waals surface area contributed by atoms with Crippen molar-refractivity contribution in [1.82, 2.24) is 4.90 Å². The van der Waals surface area contributed by atoms with Gasteiger partial charge in [-0.3, -0.25) is 4.90 Å². The van der Waals surface area contributed by atoms with Gasteiger partial charge in [-0.25, -0.2) is 0 Å². The van der Waals surface area contributed by atoms with Crippen LogP contribution in [0.3, 0.4) is 0 Å². The van der Waals surface area contributed by atoms with Crippen molar-refractivity contribution in [2.45, 2.75) is 25.7 Å². The number of fused-ring (bicyclic) bond motifs is 1. The lowest BCUT2D eigenvalue weighted by atomic mass is 9.82. The highest BCUT2D eigenvalue weighted by molar-refractivity contribution is 7.80. The molecule has 2 heteroatoms. The molecule has 0 amide bonds. The van der Waals surface area contributed by atoms with Crippen LogP contribution < -0.4 is 0 Å². The van der Waals surface area contributed by atoms with Crippen LogP contribution in [0.4, 0.5) is 0 Å². The Bertz CT molecular complexity index is 188. The van der Waals surface area contributed by atoms with Crippen LogP contribution in [-0.2, 0) is 0 Å². The molecule has 80 valence electrons. The second-order valence-electron chi connectivity index (χ2n) is 4.68. The van der Waals surface area contributed by atoms with E-state index in [2.05, 4.69) is 29.7 Å². The number of hydrogen-bond acceptors (Lipinski definition) is 2. The zero-order valence-corrected chi connectivity index (χ0v) is 9.76. The van der Waals surface area contributed by atoms with Gasteiger partial charge in [0.25, 0.3) is 0 Å². The van der Waals surface area contributed by atoms with Crippen molar-refractivity contribution in [3.05, 3.63) is 12.2 Å². The Morgan fingerprint density at radius 1 is 1.07 bits per heavy atom. The largest absolute Gasteiger partial charge is 0.299 e. The van der Waals surface area contributed by atoms with Crippen molar-refractivity contribution in [3.63, 3.8) is 0 Å². The third kappa shape index (κ3) is 2.54. The van der Waals surface area contributed by atoms with E-state index in [-0.39, 0.29) is 0 Å². The number of thiol groups is 1. The molecule has 0 N–H and O–H groups in total. The van der Waals surface area contributed by atoms with E-state index in [4.69, 9.17) is 0 Å². The second-order valence-corrected chi connectivity index (χ2v) is 5.04. The van der Waals surface area contributed by atoms with Crippen molar-refractivity contribution in [1.29, 1.82) is 0 Å². The Kier molecular flexibility index (Phi) is 3.94. The van der Waals surface area contributed by atoms with E-state index in [9.17, 15) is 0 Å². The molecule has 0 bridgehead atoms. The van der Waals surface area contributed by atoms with Crippen LogP contribution in [0, 0.1) is 11.8 Å². The number of hydrogen-bond donors (Lipinski definition) is 1. The normalized spacial score (nSPS) is 33.8. The quantitative estimate of drug-likeness (QED) is 0.555. The molecule has 2 aliphatic rings. The monoisotopic (exact) mass is 211 g/mol. The molecule has 1 saturated carbocycles. The molecule has 1 nitrogen and oxygen atoms in total. The number of rotatable bonds is 3. The third-order valence-corrected chi connectivity index (χ3v) is 3.90. The standard InChI is InChI=1S/C12H21NS/c14-8-4-3-7-13-9-11-5-1-2-6-12(11)10-13/h3-4,11-12,14H,1-2,5-10H2/b4-3+/t11-,12+. The molecule has 0 radical (unpaired) electrons. The maximum absolute atomic E-state index is 4.17. The summed E-state index contributed by atoms with van der Waals surface area (Å²) in [6.07, 6.45) is 10.3. The van der Waals surface area contributed by atoms with Gasteiger partial charge in [0.1, 0.15) is 0 Å². The van der Waals surface area contributed by atoms with Gasteiger partial charge in [0.2, 0.25) is 0 Å². The molecule has 2 fully saturated rings.